The SMILES string of the molecule is COCCCn1c(SCc2ccccc2)nnc1-c1ccc(OC)c(OC)c1. The zero-order valence-electron chi connectivity index (χ0n) is 16.4. The van der Waals surface area contributed by atoms with Gasteiger partial charge in [0.15, 0.2) is 22.5 Å². The summed E-state index contributed by atoms with van der Waals surface area (Å²) in [6.07, 6.45) is 0.883. The highest BCUT2D eigenvalue weighted by Crippen LogP contribution is 2.33. The zero-order chi connectivity index (χ0) is 19.8. The highest BCUT2D eigenvalue weighted by Gasteiger charge is 2.16. The number of benzene rings is 2. The van der Waals surface area contributed by atoms with Gasteiger partial charge in [0.25, 0.3) is 0 Å². The molecule has 3 rings (SSSR count). The number of rotatable bonds is 10. The lowest BCUT2D eigenvalue weighted by atomic mass is 10.2. The van der Waals surface area contributed by atoms with Gasteiger partial charge in [-0.05, 0) is 30.2 Å². The minimum atomic E-state index is 0.671. The minimum absolute atomic E-state index is 0.671. The van der Waals surface area contributed by atoms with Crippen LogP contribution in [0.5, 0.6) is 11.5 Å². The van der Waals surface area contributed by atoms with E-state index in [2.05, 4.69) is 26.9 Å². The van der Waals surface area contributed by atoms with Crippen molar-refractivity contribution in [2.45, 2.75) is 23.9 Å². The molecular formula is C21H25N3O3S. The van der Waals surface area contributed by atoms with E-state index in [1.807, 2.05) is 36.4 Å². The van der Waals surface area contributed by atoms with Gasteiger partial charge >= 0.3 is 0 Å². The molecule has 148 valence electrons. The van der Waals surface area contributed by atoms with Crippen molar-refractivity contribution in [2.75, 3.05) is 27.9 Å². The molecule has 0 aliphatic carbocycles. The summed E-state index contributed by atoms with van der Waals surface area (Å²) in [5.41, 5.74) is 2.20. The lowest BCUT2D eigenvalue weighted by molar-refractivity contribution is 0.189. The molecule has 1 heterocycles. The van der Waals surface area contributed by atoms with Gasteiger partial charge in [-0.25, -0.2) is 0 Å². The largest absolute Gasteiger partial charge is 0.493 e. The molecule has 0 aliphatic rings. The predicted molar refractivity (Wildman–Crippen MR) is 111 cm³/mol. The van der Waals surface area contributed by atoms with Crippen LogP contribution in [0, 0.1) is 0 Å². The van der Waals surface area contributed by atoms with Gasteiger partial charge in [-0.15, -0.1) is 10.2 Å². The van der Waals surface area contributed by atoms with Gasteiger partial charge in [-0.1, -0.05) is 42.1 Å². The molecule has 0 N–H and O–H groups in total. The van der Waals surface area contributed by atoms with Gasteiger partial charge in [0.1, 0.15) is 0 Å². The molecule has 0 fully saturated rings. The molecule has 6 nitrogen and oxygen atoms in total. The molecular weight excluding hydrogens is 374 g/mol. The highest BCUT2D eigenvalue weighted by atomic mass is 32.2. The fourth-order valence-electron chi connectivity index (χ4n) is 2.88. The van der Waals surface area contributed by atoms with Crippen LogP contribution in [0.2, 0.25) is 0 Å². The van der Waals surface area contributed by atoms with Crippen LogP contribution >= 0.6 is 11.8 Å². The van der Waals surface area contributed by atoms with Gasteiger partial charge in [-0.2, -0.15) is 0 Å². The maximum absolute atomic E-state index is 5.44. The lowest BCUT2D eigenvalue weighted by Gasteiger charge is -2.12. The van der Waals surface area contributed by atoms with E-state index in [1.54, 1.807) is 33.1 Å². The van der Waals surface area contributed by atoms with Crippen molar-refractivity contribution in [1.29, 1.82) is 0 Å². The van der Waals surface area contributed by atoms with E-state index in [9.17, 15) is 0 Å². The topological polar surface area (TPSA) is 58.4 Å². The first-order valence-electron chi connectivity index (χ1n) is 9.08. The van der Waals surface area contributed by atoms with E-state index in [4.69, 9.17) is 14.2 Å². The first kappa shape index (κ1) is 20.2. The van der Waals surface area contributed by atoms with Crippen LogP contribution in [-0.4, -0.2) is 42.7 Å². The molecule has 0 atom stereocenters. The number of methoxy groups -OCH3 is 3. The summed E-state index contributed by atoms with van der Waals surface area (Å²) >= 11 is 1.68. The molecule has 0 spiro atoms. The molecule has 7 heteroatoms. The summed E-state index contributed by atoms with van der Waals surface area (Å²) in [4.78, 5) is 0. The molecule has 1 aromatic heterocycles. The van der Waals surface area contributed by atoms with Crippen molar-refractivity contribution in [3.05, 3.63) is 54.1 Å². The van der Waals surface area contributed by atoms with Crippen molar-refractivity contribution < 1.29 is 14.2 Å². The molecule has 0 radical (unpaired) electrons. The van der Waals surface area contributed by atoms with E-state index in [0.717, 1.165) is 35.3 Å². The number of hydrogen-bond donors (Lipinski definition) is 0. The van der Waals surface area contributed by atoms with Crippen LogP contribution in [0.1, 0.15) is 12.0 Å². The van der Waals surface area contributed by atoms with E-state index >= 15 is 0 Å². The third kappa shape index (κ3) is 4.85. The second-order valence-electron chi connectivity index (χ2n) is 6.15. The molecule has 2 aromatic carbocycles. The third-order valence-electron chi connectivity index (χ3n) is 4.30. The van der Waals surface area contributed by atoms with Crippen molar-refractivity contribution in [1.82, 2.24) is 14.8 Å². The average molecular weight is 400 g/mol. The number of hydrogen-bond acceptors (Lipinski definition) is 6. The molecule has 3 aromatic rings. The molecule has 0 bridgehead atoms. The Morgan fingerprint density at radius 2 is 1.71 bits per heavy atom. The second kappa shape index (κ2) is 10.1. The molecule has 0 saturated heterocycles. The fraction of sp³-hybridized carbons (Fsp3) is 0.333. The third-order valence-corrected chi connectivity index (χ3v) is 5.34. The molecule has 28 heavy (non-hydrogen) atoms. The summed E-state index contributed by atoms with van der Waals surface area (Å²) in [5, 5.41) is 9.80. The first-order chi connectivity index (χ1) is 13.8. The van der Waals surface area contributed by atoms with E-state index in [0.29, 0.717) is 18.1 Å². The van der Waals surface area contributed by atoms with Crippen LogP contribution in [0.15, 0.2) is 53.7 Å². The summed E-state index contributed by atoms with van der Waals surface area (Å²) in [7, 11) is 4.97. The molecule has 0 saturated carbocycles. The van der Waals surface area contributed by atoms with Crippen molar-refractivity contribution in [3.8, 4) is 22.9 Å². The van der Waals surface area contributed by atoms with Crippen LogP contribution < -0.4 is 9.47 Å². The van der Waals surface area contributed by atoms with Crippen LogP contribution in [0.25, 0.3) is 11.4 Å². The summed E-state index contributed by atoms with van der Waals surface area (Å²) in [6.45, 7) is 1.47. The van der Waals surface area contributed by atoms with Gasteiger partial charge in [0, 0.05) is 31.6 Å². The minimum Gasteiger partial charge on any atom is -0.493 e. The van der Waals surface area contributed by atoms with Crippen molar-refractivity contribution in [2.24, 2.45) is 0 Å². The van der Waals surface area contributed by atoms with Crippen LogP contribution in [0.4, 0.5) is 0 Å². The first-order valence-corrected chi connectivity index (χ1v) is 10.1. The number of ether oxygens (including phenoxy) is 3. The Morgan fingerprint density at radius 3 is 2.43 bits per heavy atom. The lowest BCUT2D eigenvalue weighted by Crippen LogP contribution is -2.05. The zero-order valence-corrected chi connectivity index (χ0v) is 17.2. The maximum atomic E-state index is 5.44. The van der Waals surface area contributed by atoms with Gasteiger partial charge < -0.3 is 18.8 Å². The summed E-state index contributed by atoms with van der Waals surface area (Å²) in [5.74, 6) is 3.02. The molecule has 0 aliphatic heterocycles. The summed E-state index contributed by atoms with van der Waals surface area (Å²) < 4.78 is 18.2. The number of thioether (sulfide) groups is 1. The normalized spacial score (nSPS) is 10.8. The van der Waals surface area contributed by atoms with Crippen molar-refractivity contribution in [3.63, 3.8) is 0 Å². The molecule has 0 amide bonds. The van der Waals surface area contributed by atoms with Gasteiger partial charge in [-0.3, -0.25) is 0 Å². The van der Waals surface area contributed by atoms with Crippen LogP contribution in [0.3, 0.4) is 0 Å². The predicted octanol–water partition coefficient (Wildman–Crippen LogP) is 4.29. The van der Waals surface area contributed by atoms with Crippen LogP contribution in [-0.2, 0) is 17.0 Å². The smallest absolute Gasteiger partial charge is 0.191 e. The molecule has 0 unspecified atom stereocenters. The van der Waals surface area contributed by atoms with Gasteiger partial charge in [0.05, 0.1) is 14.2 Å². The maximum Gasteiger partial charge on any atom is 0.191 e. The Morgan fingerprint density at radius 1 is 0.929 bits per heavy atom. The van der Waals surface area contributed by atoms with E-state index < -0.39 is 0 Å². The second-order valence-corrected chi connectivity index (χ2v) is 7.09. The van der Waals surface area contributed by atoms with E-state index in [-0.39, 0.29) is 0 Å². The number of aromatic nitrogens is 3. The average Bonchev–Trinajstić information content (AvgIpc) is 3.15. The standard InChI is InChI=1S/C21H25N3O3S/c1-25-13-7-12-24-20(17-10-11-18(26-2)19(14-17)27-3)22-23-21(24)28-15-16-8-5-4-6-9-16/h4-6,8-11,14H,7,12-13,15H2,1-3H3. The monoisotopic (exact) mass is 399 g/mol. The van der Waals surface area contributed by atoms with Crippen molar-refractivity contribution >= 4 is 11.8 Å². The highest BCUT2D eigenvalue weighted by molar-refractivity contribution is 7.98. The fourth-order valence-corrected chi connectivity index (χ4v) is 3.80. The number of nitrogens with zero attached hydrogens (tertiary/aromatic N) is 3. The van der Waals surface area contributed by atoms with Gasteiger partial charge in [0.2, 0.25) is 0 Å². The Bertz CT molecular complexity index is 884. The Labute approximate surface area is 169 Å². The summed E-state index contributed by atoms with van der Waals surface area (Å²) in [6, 6.07) is 16.2. The Kier molecular flexibility index (Phi) is 7.33. The Hall–Kier alpha value is -2.51. The Balaban J connectivity index is 1.88. The quantitative estimate of drug-likeness (QED) is 0.374. The van der Waals surface area contributed by atoms with E-state index in [1.165, 1.54) is 5.56 Å².